The number of amides is 1. The molecule has 1 aliphatic heterocycles. The fraction of sp³-hybridized carbons (Fsp3) is 0.136. The number of anilines is 1. The van der Waals surface area contributed by atoms with Crippen LogP contribution in [0.25, 0.3) is 11.0 Å². The maximum atomic E-state index is 13.5. The summed E-state index contributed by atoms with van der Waals surface area (Å²) in [7, 11) is 3.10. The van der Waals surface area contributed by atoms with Crippen LogP contribution in [0.5, 0.6) is 11.5 Å². The summed E-state index contributed by atoms with van der Waals surface area (Å²) in [6, 6.07) is 11.6. The van der Waals surface area contributed by atoms with Crippen molar-refractivity contribution in [3.8, 4) is 11.5 Å². The molecule has 150 valence electrons. The van der Waals surface area contributed by atoms with E-state index in [4.69, 9.17) is 13.9 Å². The van der Waals surface area contributed by atoms with Gasteiger partial charge >= 0.3 is 0 Å². The summed E-state index contributed by atoms with van der Waals surface area (Å²) < 4.78 is 16.5. The number of methoxy groups -OCH3 is 2. The number of ether oxygens (including phenoxy) is 2. The summed E-state index contributed by atoms with van der Waals surface area (Å²) in [5.41, 5.74) is 1.07. The third kappa shape index (κ3) is 2.68. The van der Waals surface area contributed by atoms with Crippen molar-refractivity contribution in [2.45, 2.75) is 6.04 Å². The number of fused-ring (bicyclic) bond motifs is 2. The van der Waals surface area contributed by atoms with Crippen molar-refractivity contribution < 1.29 is 18.7 Å². The molecule has 0 aliphatic carbocycles. The molecule has 2 aromatic carbocycles. The van der Waals surface area contributed by atoms with E-state index in [0.29, 0.717) is 33.2 Å². The quantitative estimate of drug-likeness (QED) is 0.496. The third-order valence-electron chi connectivity index (χ3n) is 5.11. The summed E-state index contributed by atoms with van der Waals surface area (Å²) in [4.78, 5) is 32.7. The number of carbonyl (C=O) groups excluding carboxylic acids is 1. The predicted octanol–water partition coefficient (Wildman–Crippen LogP) is 4.02. The maximum absolute atomic E-state index is 13.5. The van der Waals surface area contributed by atoms with E-state index in [0.717, 1.165) is 5.56 Å². The van der Waals surface area contributed by atoms with Crippen molar-refractivity contribution >= 4 is 33.3 Å². The highest BCUT2D eigenvalue weighted by atomic mass is 32.1. The van der Waals surface area contributed by atoms with Crippen LogP contribution in [0.1, 0.15) is 27.7 Å². The molecule has 4 aromatic rings. The van der Waals surface area contributed by atoms with Crippen molar-refractivity contribution in [1.29, 1.82) is 0 Å². The molecule has 30 heavy (non-hydrogen) atoms. The number of benzene rings is 2. The van der Waals surface area contributed by atoms with Gasteiger partial charge in [0.15, 0.2) is 10.6 Å². The Bertz CT molecular complexity index is 1330. The van der Waals surface area contributed by atoms with Gasteiger partial charge in [-0.15, -0.1) is 11.3 Å². The van der Waals surface area contributed by atoms with Crippen LogP contribution in [0.4, 0.5) is 5.13 Å². The maximum Gasteiger partial charge on any atom is 0.297 e. The molecular weight excluding hydrogens is 404 g/mol. The molecule has 2 aromatic heterocycles. The number of hydrogen-bond donors (Lipinski definition) is 0. The minimum Gasteiger partial charge on any atom is -0.497 e. The highest BCUT2D eigenvalue weighted by Gasteiger charge is 2.44. The minimum absolute atomic E-state index is 0.0174. The van der Waals surface area contributed by atoms with E-state index < -0.39 is 11.9 Å². The Morgan fingerprint density at radius 2 is 1.87 bits per heavy atom. The van der Waals surface area contributed by atoms with Gasteiger partial charge in [-0.2, -0.15) is 0 Å². The lowest BCUT2D eigenvalue weighted by molar-refractivity contribution is 0.0971. The van der Waals surface area contributed by atoms with Crippen LogP contribution in [0.2, 0.25) is 0 Å². The molecule has 0 N–H and O–H groups in total. The second-order valence-electron chi connectivity index (χ2n) is 6.71. The Morgan fingerprint density at radius 3 is 2.60 bits per heavy atom. The van der Waals surface area contributed by atoms with Gasteiger partial charge in [0, 0.05) is 17.6 Å². The lowest BCUT2D eigenvalue weighted by atomic mass is 9.98. The number of carbonyl (C=O) groups is 1. The van der Waals surface area contributed by atoms with Crippen molar-refractivity contribution in [3.63, 3.8) is 0 Å². The highest BCUT2D eigenvalue weighted by molar-refractivity contribution is 7.13. The molecule has 0 unspecified atom stereocenters. The number of rotatable bonds is 4. The highest BCUT2D eigenvalue weighted by Crippen LogP contribution is 2.42. The lowest BCUT2D eigenvalue weighted by Gasteiger charge is -2.22. The molecule has 1 atom stereocenters. The van der Waals surface area contributed by atoms with E-state index in [1.165, 1.54) is 23.3 Å². The fourth-order valence-corrected chi connectivity index (χ4v) is 4.40. The van der Waals surface area contributed by atoms with Crippen LogP contribution in [0, 0.1) is 0 Å². The van der Waals surface area contributed by atoms with E-state index in [2.05, 4.69) is 4.98 Å². The van der Waals surface area contributed by atoms with Gasteiger partial charge in [0.25, 0.3) is 5.91 Å². The van der Waals surface area contributed by atoms with Gasteiger partial charge in [-0.3, -0.25) is 14.5 Å². The molecule has 3 heterocycles. The second kappa shape index (κ2) is 7.00. The van der Waals surface area contributed by atoms with Crippen LogP contribution in [0.3, 0.4) is 0 Å². The summed E-state index contributed by atoms with van der Waals surface area (Å²) in [5, 5.41) is 2.65. The Balaban J connectivity index is 1.81. The van der Waals surface area contributed by atoms with Gasteiger partial charge in [0.05, 0.1) is 31.2 Å². The molecule has 0 bridgehead atoms. The topological polar surface area (TPSA) is 81.9 Å². The van der Waals surface area contributed by atoms with Crippen molar-refractivity contribution in [3.05, 3.63) is 81.2 Å². The van der Waals surface area contributed by atoms with Crippen molar-refractivity contribution in [1.82, 2.24) is 4.98 Å². The molecule has 8 heteroatoms. The molecular formula is C22H16N2O5S. The molecule has 0 radical (unpaired) electrons. The zero-order valence-electron chi connectivity index (χ0n) is 16.1. The van der Waals surface area contributed by atoms with Crippen molar-refractivity contribution in [2.75, 3.05) is 19.1 Å². The first kappa shape index (κ1) is 18.4. The zero-order valence-corrected chi connectivity index (χ0v) is 16.9. The Hall–Kier alpha value is -3.65. The van der Waals surface area contributed by atoms with Crippen LogP contribution < -0.4 is 19.8 Å². The average Bonchev–Trinajstić information content (AvgIpc) is 3.40. The summed E-state index contributed by atoms with van der Waals surface area (Å²) in [6.45, 7) is 0. The fourth-order valence-electron chi connectivity index (χ4n) is 3.74. The molecule has 1 amide bonds. The van der Waals surface area contributed by atoms with E-state index in [1.54, 1.807) is 36.9 Å². The van der Waals surface area contributed by atoms with Crippen LogP contribution in [0.15, 0.2) is 63.3 Å². The van der Waals surface area contributed by atoms with Crippen molar-refractivity contribution in [2.24, 2.45) is 0 Å². The minimum atomic E-state index is -0.670. The molecule has 5 rings (SSSR count). The number of nitrogens with zero attached hydrogens (tertiary/aromatic N) is 2. The molecule has 1 aliphatic rings. The SMILES string of the molecule is COc1cccc([C@H]2c3c(oc4cc(OC)ccc4c3=O)C(=O)N2c2nccs2)c1. The molecule has 0 fully saturated rings. The monoisotopic (exact) mass is 420 g/mol. The normalized spacial score (nSPS) is 15.5. The standard InChI is InChI=1S/C22H16N2O5S/c1-27-13-5-3-4-12(10-13)18-17-19(25)15-7-6-14(28-2)11-16(15)29-20(17)21(26)24(18)22-23-8-9-30-22/h3-11,18H,1-2H3/t18-/m0/s1. The Kier molecular flexibility index (Phi) is 4.29. The van der Waals surface area contributed by atoms with Gasteiger partial charge < -0.3 is 13.9 Å². The third-order valence-corrected chi connectivity index (χ3v) is 5.88. The van der Waals surface area contributed by atoms with E-state index in [9.17, 15) is 9.59 Å². The molecule has 0 saturated carbocycles. The largest absolute Gasteiger partial charge is 0.497 e. The van der Waals surface area contributed by atoms with E-state index in [1.807, 2.05) is 24.3 Å². The van der Waals surface area contributed by atoms with Gasteiger partial charge in [-0.25, -0.2) is 4.98 Å². The number of hydrogen-bond acceptors (Lipinski definition) is 7. The molecule has 0 saturated heterocycles. The second-order valence-corrected chi connectivity index (χ2v) is 7.58. The predicted molar refractivity (Wildman–Crippen MR) is 113 cm³/mol. The van der Waals surface area contributed by atoms with Gasteiger partial charge in [0.1, 0.15) is 17.1 Å². The van der Waals surface area contributed by atoms with Crippen LogP contribution >= 0.6 is 11.3 Å². The van der Waals surface area contributed by atoms with E-state index in [-0.39, 0.29) is 11.2 Å². The molecule has 7 nitrogen and oxygen atoms in total. The zero-order chi connectivity index (χ0) is 20.8. The van der Waals surface area contributed by atoms with E-state index >= 15 is 0 Å². The summed E-state index contributed by atoms with van der Waals surface area (Å²) in [5.74, 6) is 0.776. The first-order chi connectivity index (χ1) is 14.6. The van der Waals surface area contributed by atoms with Gasteiger partial charge in [-0.1, -0.05) is 12.1 Å². The summed E-state index contributed by atoms with van der Waals surface area (Å²) >= 11 is 1.32. The summed E-state index contributed by atoms with van der Waals surface area (Å²) in [6.07, 6.45) is 1.62. The Morgan fingerprint density at radius 1 is 1.07 bits per heavy atom. The van der Waals surface area contributed by atoms with Gasteiger partial charge in [-0.05, 0) is 29.8 Å². The van der Waals surface area contributed by atoms with Crippen LogP contribution in [-0.4, -0.2) is 25.1 Å². The number of aromatic nitrogens is 1. The first-order valence-electron chi connectivity index (χ1n) is 9.14. The average molecular weight is 420 g/mol. The van der Waals surface area contributed by atoms with Gasteiger partial charge in [0.2, 0.25) is 5.76 Å². The Labute approximate surface area is 175 Å². The van der Waals surface area contributed by atoms with Crippen LogP contribution in [-0.2, 0) is 0 Å². The smallest absolute Gasteiger partial charge is 0.297 e. The lowest BCUT2D eigenvalue weighted by Crippen LogP contribution is -2.29. The molecule has 0 spiro atoms. The first-order valence-corrected chi connectivity index (χ1v) is 10.0. The number of thiazole rings is 1.